The Hall–Kier alpha value is -1.51. The Morgan fingerprint density at radius 1 is 1.33 bits per heavy atom. The Balaban J connectivity index is 1.75. The number of amides is 1. The number of anilines is 1. The van der Waals surface area contributed by atoms with E-state index in [1.54, 1.807) is 0 Å². The van der Waals surface area contributed by atoms with Crippen LogP contribution in [0.2, 0.25) is 0 Å². The van der Waals surface area contributed by atoms with Crippen molar-refractivity contribution in [3.8, 4) is 5.75 Å². The molecule has 0 atom stereocenters. The van der Waals surface area contributed by atoms with Crippen LogP contribution in [0.15, 0.2) is 24.3 Å². The summed E-state index contributed by atoms with van der Waals surface area (Å²) in [5.74, 6) is 1.90. The van der Waals surface area contributed by atoms with Crippen molar-refractivity contribution in [1.29, 1.82) is 0 Å². The van der Waals surface area contributed by atoms with Gasteiger partial charge in [-0.15, -0.1) is 0 Å². The first-order valence-corrected chi connectivity index (χ1v) is 6.87. The molecule has 1 heterocycles. The van der Waals surface area contributed by atoms with Crippen LogP contribution < -0.4 is 9.64 Å². The largest absolute Gasteiger partial charge is 0.491 e. The second kappa shape index (κ2) is 5.01. The van der Waals surface area contributed by atoms with Gasteiger partial charge in [-0.05, 0) is 30.9 Å². The highest BCUT2D eigenvalue weighted by molar-refractivity contribution is 5.95. The maximum Gasteiger partial charge on any atom is 0.227 e. The average Bonchev–Trinajstić information content (AvgIpc) is 3.22. The molecule has 0 N–H and O–H groups in total. The lowest BCUT2D eigenvalue weighted by Gasteiger charge is -2.21. The molecule has 1 aromatic carbocycles. The molecule has 1 amide bonds. The van der Waals surface area contributed by atoms with E-state index in [0.717, 1.165) is 36.7 Å². The Labute approximate surface area is 108 Å². The maximum atomic E-state index is 12.3. The molecule has 3 nitrogen and oxygen atoms in total. The van der Waals surface area contributed by atoms with Crippen molar-refractivity contribution in [3.05, 3.63) is 24.3 Å². The van der Waals surface area contributed by atoms with Crippen molar-refractivity contribution in [2.45, 2.75) is 32.1 Å². The molecule has 0 radical (unpaired) electrons. The molecule has 3 heteroatoms. The molecule has 1 aliphatic heterocycles. The molecule has 2 aliphatic rings. The van der Waals surface area contributed by atoms with E-state index >= 15 is 0 Å². The van der Waals surface area contributed by atoms with Gasteiger partial charge in [-0.3, -0.25) is 4.79 Å². The quantitative estimate of drug-likeness (QED) is 0.819. The van der Waals surface area contributed by atoms with Gasteiger partial charge in [0.15, 0.2) is 0 Å². The minimum atomic E-state index is 0.250. The van der Waals surface area contributed by atoms with Gasteiger partial charge < -0.3 is 9.64 Å². The number of carbonyl (C=O) groups is 1. The average molecular weight is 245 g/mol. The molecule has 1 aliphatic carbocycles. The molecule has 0 saturated heterocycles. The first kappa shape index (κ1) is 11.6. The van der Waals surface area contributed by atoms with E-state index in [-0.39, 0.29) is 5.91 Å². The number of hydrogen-bond acceptors (Lipinski definition) is 2. The summed E-state index contributed by atoms with van der Waals surface area (Å²) in [5, 5.41) is 0. The van der Waals surface area contributed by atoms with Gasteiger partial charge in [-0.25, -0.2) is 0 Å². The lowest BCUT2D eigenvalue weighted by molar-refractivity contribution is -0.118. The molecule has 3 rings (SSSR count). The molecular weight excluding hydrogens is 226 g/mol. The van der Waals surface area contributed by atoms with Crippen molar-refractivity contribution < 1.29 is 9.53 Å². The van der Waals surface area contributed by atoms with Gasteiger partial charge >= 0.3 is 0 Å². The van der Waals surface area contributed by atoms with E-state index in [1.807, 2.05) is 29.2 Å². The second-order valence-electron chi connectivity index (χ2n) is 5.20. The molecular formula is C15H19NO2. The molecule has 1 saturated carbocycles. The summed E-state index contributed by atoms with van der Waals surface area (Å²) < 4.78 is 5.67. The van der Waals surface area contributed by atoms with E-state index in [2.05, 4.69) is 0 Å². The summed E-state index contributed by atoms with van der Waals surface area (Å²) in [5.41, 5.74) is 0.941. The van der Waals surface area contributed by atoms with E-state index in [0.29, 0.717) is 13.0 Å². The van der Waals surface area contributed by atoms with Crippen molar-refractivity contribution in [3.63, 3.8) is 0 Å². The van der Waals surface area contributed by atoms with Crippen LogP contribution in [-0.2, 0) is 4.79 Å². The lowest BCUT2D eigenvalue weighted by atomic mass is 10.2. The smallest absolute Gasteiger partial charge is 0.227 e. The van der Waals surface area contributed by atoms with Crippen LogP contribution in [0.3, 0.4) is 0 Å². The lowest BCUT2D eigenvalue weighted by Crippen LogP contribution is -2.31. The Kier molecular flexibility index (Phi) is 3.22. The fourth-order valence-corrected chi connectivity index (χ4v) is 2.46. The summed E-state index contributed by atoms with van der Waals surface area (Å²) in [4.78, 5) is 14.2. The Morgan fingerprint density at radius 2 is 2.17 bits per heavy atom. The minimum absolute atomic E-state index is 0.250. The van der Waals surface area contributed by atoms with Crippen molar-refractivity contribution in [1.82, 2.24) is 0 Å². The van der Waals surface area contributed by atoms with Crippen molar-refractivity contribution in [2.75, 3.05) is 18.1 Å². The molecule has 0 unspecified atom stereocenters. The molecule has 0 aromatic heterocycles. The zero-order valence-electron chi connectivity index (χ0n) is 10.6. The molecule has 0 bridgehead atoms. The first-order chi connectivity index (χ1) is 8.84. The van der Waals surface area contributed by atoms with E-state index in [1.165, 1.54) is 12.8 Å². The Morgan fingerprint density at radius 3 is 3.00 bits per heavy atom. The van der Waals surface area contributed by atoms with Gasteiger partial charge in [-0.1, -0.05) is 25.0 Å². The standard InChI is InChI=1S/C15H19NO2/c17-15(9-8-12-6-7-12)16-10-3-11-18-14-5-2-1-4-13(14)16/h1-2,4-5,12H,3,6-11H2. The predicted molar refractivity (Wildman–Crippen MR) is 70.9 cm³/mol. The van der Waals surface area contributed by atoms with Crippen LogP contribution in [0.4, 0.5) is 5.69 Å². The first-order valence-electron chi connectivity index (χ1n) is 6.87. The highest BCUT2D eigenvalue weighted by Gasteiger charge is 2.25. The number of hydrogen-bond donors (Lipinski definition) is 0. The molecule has 1 aromatic rings. The van der Waals surface area contributed by atoms with Crippen LogP contribution >= 0.6 is 0 Å². The van der Waals surface area contributed by atoms with Crippen LogP contribution in [-0.4, -0.2) is 19.1 Å². The fraction of sp³-hybridized carbons (Fsp3) is 0.533. The second-order valence-corrected chi connectivity index (χ2v) is 5.20. The van der Waals surface area contributed by atoms with Crippen molar-refractivity contribution in [2.24, 2.45) is 5.92 Å². The minimum Gasteiger partial charge on any atom is -0.491 e. The fourth-order valence-electron chi connectivity index (χ4n) is 2.46. The normalized spacial score (nSPS) is 18.8. The van der Waals surface area contributed by atoms with Crippen molar-refractivity contribution >= 4 is 11.6 Å². The summed E-state index contributed by atoms with van der Waals surface area (Å²) in [7, 11) is 0. The third-order valence-corrected chi connectivity index (χ3v) is 3.70. The number of rotatable bonds is 3. The van der Waals surface area contributed by atoms with E-state index in [9.17, 15) is 4.79 Å². The topological polar surface area (TPSA) is 29.5 Å². The highest BCUT2D eigenvalue weighted by Crippen LogP contribution is 2.35. The number of fused-ring (bicyclic) bond motifs is 1. The number of carbonyl (C=O) groups excluding carboxylic acids is 1. The summed E-state index contributed by atoms with van der Waals surface area (Å²) >= 11 is 0. The third kappa shape index (κ3) is 2.50. The monoisotopic (exact) mass is 245 g/mol. The van der Waals surface area contributed by atoms with E-state index in [4.69, 9.17) is 4.74 Å². The van der Waals surface area contributed by atoms with Gasteiger partial charge in [0.05, 0.1) is 12.3 Å². The third-order valence-electron chi connectivity index (χ3n) is 3.70. The van der Waals surface area contributed by atoms with Gasteiger partial charge in [0.25, 0.3) is 0 Å². The van der Waals surface area contributed by atoms with E-state index < -0.39 is 0 Å². The predicted octanol–water partition coefficient (Wildman–Crippen LogP) is 2.99. The zero-order chi connectivity index (χ0) is 12.4. The summed E-state index contributed by atoms with van der Waals surface area (Å²) in [6, 6.07) is 7.85. The van der Waals surface area contributed by atoms with Gasteiger partial charge in [0.2, 0.25) is 5.91 Å². The number of benzene rings is 1. The van der Waals surface area contributed by atoms with Gasteiger partial charge in [0.1, 0.15) is 5.75 Å². The summed E-state index contributed by atoms with van der Waals surface area (Å²) in [6.07, 6.45) is 5.27. The van der Waals surface area contributed by atoms with Gasteiger partial charge in [-0.2, -0.15) is 0 Å². The van der Waals surface area contributed by atoms with Crippen LogP contribution in [0, 0.1) is 5.92 Å². The number of nitrogens with zero attached hydrogens (tertiary/aromatic N) is 1. The maximum absolute atomic E-state index is 12.3. The van der Waals surface area contributed by atoms with Crippen LogP contribution in [0.1, 0.15) is 32.1 Å². The Bertz CT molecular complexity index is 440. The molecule has 1 fully saturated rings. The van der Waals surface area contributed by atoms with Gasteiger partial charge in [0, 0.05) is 13.0 Å². The molecule has 96 valence electrons. The molecule has 18 heavy (non-hydrogen) atoms. The molecule has 0 spiro atoms. The SMILES string of the molecule is O=C(CCC1CC1)N1CCCOc2ccccc21. The number of para-hydroxylation sites is 2. The van der Waals surface area contributed by atoms with Crippen LogP contribution in [0.25, 0.3) is 0 Å². The number of ether oxygens (including phenoxy) is 1. The summed E-state index contributed by atoms with van der Waals surface area (Å²) in [6.45, 7) is 1.48. The highest BCUT2D eigenvalue weighted by atomic mass is 16.5. The zero-order valence-corrected chi connectivity index (χ0v) is 10.6. The van der Waals surface area contributed by atoms with Crippen LogP contribution in [0.5, 0.6) is 5.75 Å².